The molecule has 0 bridgehead atoms. The van der Waals surface area contributed by atoms with E-state index in [4.69, 9.17) is 0 Å². The maximum Gasteiger partial charge on any atom is 0.315 e. The lowest BCUT2D eigenvalue weighted by Crippen LogP contribution is -2.31. The van der Waals surface area contributed by atoms with Gasteiger partial charge in [-0.3, -0.25) is 10.1 Å². The van der Waals surface area contributed by atoms with Crippen LogP contribution in [0.5, 0.6) is 0 Å². The Balaban J connectivity index is 3.18. The molecule has 0 amide bonds. The Hall–Kier alpha value is -1.43. The zero-order valence-corrected chi connectivity index (χ0v) is 12.7. The topological polar surface area (TPSA) is 58.4 Å². The molecule has 19 heavy (non-hydrogen) atoms. The minimum atomic E-state index is -0.310. The Kier molecular flexibility index (Phi) is 5.95. The Morgan fingerprint density at radius 2 is 2.21 bits per heavy atom. The fraction of sp³-hybridized carbons (Fsp3) is 0.538. The monoisotopic (exact) mass is 283 g/mol. The van der Waals surface area contributed by atoms with Gasteiger partial charge in [-0.15, -0.1) is 0 Å². The number of nitro groups is 1. The van der Waals surface area contributed by atoms with Crippen LogP contribution in [-0.4, -0.2) is 36.6 Å². The van der Waals surface area contributed by atoms with Crippen molar-refractivity contribution in [3.05, 3.63) is 28.3 Å². The van der Waals surface area contributed by atoms with E-state index in [9.17, 15) is 10.1 Å². The van der Waals surface area contributed by atoms with Crippen molar-refractivity contribution in [2.75, 3.05) is 35.8 Å². The highest BCUT2D eigenvalue weighted by Gasteiger charge is 2.23. The molecule has 0 fully saturated rings. The SMILES string of the molecule is CCNc1cccc(N(C)C(C)CSC)c1[N+](=O)[O-]. The maximum absolute atomic E-state index is 11.3. The van der Waals surface area contributed by atoms with Crippen molar-refractivity contribution in [3.8, 4) is 0 Å². The second-order valence-electron chi connectivity index (χ2n) is 4.38. The predicted octanol–water partition coefficient (Wildman–Crippen LogP) is 3.21. The predicted molar refractivity (Wildman–Crippen MR) is 83.5 cm³/mol. The van der Waals surface area contributed by atoms with E-state index in [-0.39, 0.29) is 16.7 Å². The van der Waals surface area contributed by atoms with E-state index in [0.717, 1.165) is 5.75 Å². The van der Waals surface area contributed by atoms with Crippen LogP contribution in [0, 0.1) is 10.1 Å². The molecule has 0 saturated carbocycles. The van der Waals surface area contributed by atoms with E-state index >= 15 is 0 Å². The third-order valence-electron chi connectivity index (χ3n) is 3.01. The van der Waals surface area contributed by atoms with Crippen LogP contribution in [-0.2, 0) is 0 Å². The van der Waals surface area contributed by atoms with E-state index in [0.29, 0.717) is 17.9 Å². The van der Waals surface area contributed by atoms with Gasteiger partial charge in [0, 0.05) is 25.4 Å². The molecule has 6 heteroatoms. The third kappa shape index (κ3) is 3.76. The molecule has 0 aliphatic heterocycles. The molecule has 1 aromatic carbocycles. The second kappa shape index (κ2) is 7.23. The molecule has 1 aromatic rings. The molecular formula is C13H21N3O2S. The summed E-state index contributed by atoms with van der Waals surface area (Å²) in [7, 11) is 1.90. The van der Waals surface area contributed by atoms with Crippen LogP contribution in [0.25, 0.3) is 0 Å². The van der Waals surface area contributed by atoms with Crippen LogP contribution in [0.15, 0.2) is 18.2 Å². The van der Waals surface area contributed by atoms with Crippen LogP contribution in [0.1, 0.15) is 13.8 Å². The van der Waals surface area contributed by atoms with Crippen molar-refractivity contribution in [2.45, 2.75) is 19.9 Å². The molecule has 0 aliphatic carbocycles. The van der Waals surface area contributed by atoms with Crippen LogP contribution in [0.4, 0.5) is 17.1 Å². The molecule has 0 aromatic heterocycles. The van der Waals surface area contributed by atoms with Crippen LogP contribution in [0.2, 0.25) is 0 Å². The van der Waals surface area contributed by atoms with E-state index < -0.39 is 0 Å². The van der Waals surface area contributed by atoms with Gasteiger partial charge in [-0.25, -0.2) is 0 Å². The summed E-state index contributed by atoms with van der Waals surface area (Å²) in [5.41, 5.74) is 1.39. The van der Waals surface area contributed by atoms with Crippen molar-refractivity contribution in [1.82, 2.24) is 0 Å². The zero-order valence-electron chi connectivity index (χ0n) is 11.8. The zero-order chi connectivity index (χ0) is 14.4. The standard InChI is InChI=1S/C13H21N3O2S/c1-5-14-11-7-6-8-12(13(11)16(17)18)15(3)10(2)9-19-4/h6-8,10,14H,5,9H2,1-4H3. The summed E-state index contributed by atoms with van der Waals surface area (Å²) in [5.74, 6) is 0.930. The highest BCUT2D eigenvalue weighted by molar-refractivity contribution is 7.98. The van der Waals surface area contributed by atoms with E-state index in [2.05, 4.69) is 12.2 Å². The molecule has 0 heterocycles. The first kappa shape index (κ1) is 15.6. The summed E-state index contributed by atoms with van der Waals surface area (Å²) in [4.78, 5) is 13.0. The van der Waals surface area contributed by atoms with Gasteiger partial charge < -0.3 is 10.2 Å². The number of hydrogen-bond acceptors (Lipinski definition) is 5. The summed E-state index contributed by atoms with van der Waals surface area (Å²) in [6, 6.07) is 5.64. The quantitative estimate of drug-likeness (QED) is 0.615. The first-order valence-corrected chi connectivity index (χ1v) is 7.65. The number of rotatable bonds is 7. The fourth-order valence-electron chi connectivity index (χ4n) is 1.93. The average Bonchev–Trinajstić information content (AvgIpc) is 2.38. The first-order valence-electron chi connectivity index (χ1n) is 6.25. The number of para-hydroxylation sites is 1. The molecule has 1 rings (SSSR count). The van der Waals surface area contributed by atoms with Crippen molar-refractivity contribution in [1.29, 1.82) is 0 Å². The number of nitrogens with one attached hydrogen (secondary N) is 1. The van der Waals surface area contributed by atoms with Crippen LogP contribution in [0.3, 0.4) is 0 Å². The van der Waals surface area contributed by atoms with E-state index in [1.807, 2.05) is 31.2 Å². The summed E-state index contributed by atoms with van der Waals surface area (Å²) >= 11 is 1.73. The highest BCUT2D eigenvalue weighted by atomic mass is 32.2. The lowest BCUT2D eigenvalue weighted by molar-refractivity contribution is -0.383. The fourth-order valence-corrected chi connectivity index (χ4v) is 2.64. The molecule has 0 spiro atoms. The third-order valence-corrected chi connectivity index (χ3v) is 3.83. The highest BCUT2D eigenvalue weighted by Crippen LogP contribution is 2.35. The number of anilines is 2. The van der Waals surface area contributed by atoms with Gasteiger partial charge in [-0.05, 0) is 32.2 Å². The van der Waals surface area contributed by atoms with Gasteiger partial charge >= 0.3 is 5.69 Å². The minimum Gasteiger partial charge on any atom is -0.380 e. The number of hydrogen-bond donors (Lipinski definition) is 1. The summed E-state index contributed by atoms with van der Waals surface area (Å²) in [5, 5.41) is 14.4. The molecule has 5 nitrogen and oxygen atoms in total. The van der Waals surface area contributed by atoms with E-state index in [1.54, 1.807) is 23.9 Å². The molecule has 1 N–H and O–H groups in total. The van der Waals surface area contributed by atoms with Gasteiger partial charge in [-0.2, -0.15) is 11.8 Å². The van der Waals surface area contributed by atoms with Gasteiger partial charge in [-0.1, -0.05) is 6.07 Å². The number of nitrogens with zero attached hydrogens (tertiary/aromatic N) is 2. The molecule has 0 radical (unpaired) electrons. The summed E-state index contributed by atoms with van der Waals surface area (Å²) in [6.07, 6.45) is 2.04. The Bertz CT molecular complexity index is 440. The smallest absolute Gasteiger partial charge is 0.315 e. The Labute approximate surface area is 118 Å². The maximum atomic E-state index is 11.3. The molecule has 1 atom stereocenters. The molecular weight excluding hydrogens is 262 g/mol. The van der Waals surface area contributed by atoms with Gasteiger partial charge in [0.25, 0.3) is 0 Å². The van der Waals surface area contributed by atoms with Crippen molar-refractivity contribution in [3.63, 3.8) is 0 Å². The van der Waals surface area contributed by atoms with Crippen molar-refractivity contribution >= 4 is 28.8 Å². The number of thioether (sulfide) groups is 1. The lowest BCUT2D eigenvalue weighted by atomic mass is 10.2. The average molecular weight is 283 g/mol. The van der Waals surface area contributed by atoms with Crippen LogP contribution < -0.4 is 10.2 Å². The summed E-state index contributed by atoms with van der Waals surface area (Å²) < 4.78 is 0. The molecule has 1 unspecified atom stereocenters. The van der Waals surface area contributed by atoms with Crippen molar-refractivity contribution < 1.29 is 4.92 Å². The Morgan fingerprint density at radius 1 is 1.53 bits per heavy atom. The normalized spacial score (nSPS) is 12.0. The second-order valence-corrected chi connectivity index (χ2v) is 5.29. The largest absolute Gasteiger partial charge is 0.380 e. The Morgan fingerprint density at radius 3 is 2.74 bits per heavy atom. The molecule has 0 aliphatic rings. The van der Waals surface area contributed by atoms with Gasteiger partial charge in [0.1, 0.15) is 11.4 Å². The summed E-state index contributed by atoms with van der Waals surface area (Å²) in [6.45, 7) is 4.66. The minimum absolute atomic E-state index is 0.153. The first-order chi connectivity index (χ1) is 9.02. The van der Waals surface area contributed by atoms with Gasteiger partial charge in [0.15, 0.2) is 0 Å². The molecule has 106 valence electrons. The molecule has 0 saturated heterocycles. The van der Waals surface area contributed by atoms with Gasteiger partial charge in [0.05, 0.1) is 4.92 Å². The number of nitro benzene ring substituents is 1. The lowest BCUT2D eigenvalue weighted by Gasteiger charge is -2.26. The number of benzene rings is 1. The van der Waals surface area contributed by atoms with Gasteiger partial charge in [0.2, 0.25) is 0 Å². The van der Waals surface area contributed by atoms with Crippen LogP contribution >= 0.6 is 11.8 Å². The van der Waals surface area contributed by atoms with Crippen molar-refractivity contribution in [2.24, 2.45) is 0 Å². The van der Waals surface area contributed by atoms with E-state index in [1.165, 1.54) is 0 Å².